The first-order valence-electron chi connectivity index (χ1n) is 6.25. The monoisotopic (exact) mass is 225 g/mol. The molecule has 92 valence electrons. The lowest BCUT2D eigenvalue weighted by atomic mass is 9.89. The predicted molar refractivity (Wildman–Crippen MR) is 64.1 cm³/mol. The van der Waals surface area contributed by atoms with Gasteiger partial charge in [-0.1, -0.05) is 0 Å². The minimum Gasteiger partial charge on any atom is -0.318 e. The molecule has 4 nitrogen and oxygen atoms in total. The average molecular weight is 225 g/mol. The quantitative estimate of drug-likeness (QED) is 0.637. The van der Waals surface area contributed by atoms with Gasteiger partial charge in [0.25, 0.3) is 0 Å². The SMILES string of the molecule is CC(C)(C)N1C(=O)CCNC12CCCNC2. The third-order valence-electron chi connectivity index (χ3n) is 3.50. The van der Waals surface area contributed by atoms with Crippen LogP contribution in [0.3, 0.4) is 0 Å². The van der Waals surface area contributed by atoms with Gasteiger partial charge in [-0.25, -0.2) is 0 Å². The maximum absolute atomic E-state index is 12.2. The van der Waals surface area contributed by atoms with E-state index in [4.69, 9.17) is 0 Å². The summed E-state index contributed by atoms with van der Waals surface area (Å²) in [6, 6.07) is 0. The Labute approximate surface area is 97.8 Å². The van der Waals surface area contributed by atoms with Gasteiger partial charge < -0.3 is 10.2 Å². The van der Waals surface area contributed by atoms with Crippen molar-refractivity contribution < 1.29 is 4.79 Å². The van der Waals surface area contributed by atoms with Crippen molar-refractivity contribution in [1.29, 1.82) is 0 Å². The molecular formula is C12H23N3O. The number of nitrogens with zero attached hydrogens (tertiary/aromatic N) is 1. The first kappa shape index (κ1) is 11.9. The summed E-state index contributed by atoms with van der Waals surface area (Å²) in [6.45, 7) is 9.11. The van der Waals surface area contributed by atoms with Crippen LogP contribution in [0.4, 0.5) is 0 Å². The molecule has 1 unspecified atom stereocenters. The highest BCUT2D eigenvalue weighted by Gasteiger charge is 2.47. The number of rotatable bonds is 0. The van der Waals surface area contributed by atoms with Crippen molar-refractivity contribution in [3.63, 3.8) is 0 Å². The van der Waals surface area contributed by atoms with Crippen molar-refractivity contribution in [1.82, 2.24) is 15.5 Å². The number of carbonyl (C=O) groups excluding carboxylic acids is 1. The third kappa shape index (κ3) is 1.96. The van der Waals surface area contributed by atoms with Gasteiger partial charge in [0.1, 0.15) is 5.66 Å². The lowest BCUT2D eigenvalue weighted by Crippen LogP contribution is -2.74. The van der Waals surface area contributed by atoms with Gasteiger partial charge in [-0.3, -0.25) is 10.1 Å². The Morgan fingerprint density at radius 1 is 1.31 bits per heavy atom. The molecule has 2 aliphatic heterocycles. The molecule has 16 heavy (non-hydrogen) atoms. The molecule has 2 heterocycles. The molecule has 0 aromatic carbocycles. The fraction of sp³-hybridized carbons (Fsp3) is 0.917. The van der Waals surface area contributed by atoms with Crippen molar-refractivity contribution in [3.05, 3.63) is 0 Å². The highest BCUT2D eigenvalue weighted by atomic mass is 16.2. The number of piperidine rings is 1. The Morgan fingerprint density at radius 2 is 2.06 bits per heavy atom. The van der Waals surface area contributed by atoms with Crippen molar-refractivity contribution in [2.24, 2.45) is 0 Å². The summed E-state index contributed by atoms with van der Waals surface area (Å²) in [6.07, 6.45) is 2.81. The number of nitrogens with one attached hydrogen (secondary N) is 2. The summed E-state index contributed by atoms with van der Waals surface area (Å²) in [4.78, 5) is 14.2. The molecular weight excluding hydrogens is 202 g/mol. The average Bonchev–Trinajstić information content (AvgIpc) is 2.16. The summed E-state index contributed by atoms with van der Waals surface area (Å²) in [7, 11) is 0. The number of carbonyl (C=O) groups is 1. The third-order valence-corrected chi connectivity index (χ3v) is 3.50. The smallest absolute Gasteiger partial charge is 0.225 e. The van der Waals surface area contributed by atoms with Gasteiger partial charge in [-0.05, 0) is 40.2 Å². The molecule has 0 aliphatic carbocycles. The molecule has 4 heteroatoms. The number of hydrogen-bond acceptors (Lipinski definition) is 3. The molecule has 0 saturated carbocycles. The van der Waals surface area contributed by atoms with Crippen LogP contribution in [-0.4, -0.2) is 41.6 Å². The molecule has 0 aromatic heterocycles. The fourth-order valence-electron chi connectivity index (χ4n) is 3.08. The molecule has 0 bridgehead atoms. The lowest BCUT2D eigenvalue weighted by molar-refractivity contribution is -0.154. The Hall–Kier alpha value is -0.610. The number of hydrogen-bond donors (Lipinski definition) is 2. The Bertz CT molecular complexity index is 271. The van der Waals surface area contributed by atoms with Crippen LogP contribution in [0.2, 0.25) is 0 Å². The fourth-order valence-corrected chi connectivity index (χ4v) is 3.08. The zero-order valence-electron chi connectivity index (χ0n) is 10.6. The van der Waals surface area contributed by atoms with Crippen LogP contribution in [0.1, 0.15) is 40.0 Å². The van der Waals surface area contributed by atoms with E-state index in [1.165, 1.54) is 0 Å². The maximum Gasteiger partial charge on any atom is 0.225 e. The second-order valence-electron chi connectivity index (χ2n) is 5.89. The van der Waals surface area contributed by atoms with E-state index in [0.717, 1.165) is 32.5 Å². The van der Waals surface area contributed by atoms with Gasteiger partial charge in [-0.15, -0.1) is 0 Å². The largest absolute Gasteiger partial charge is 0.318 e. The van der Waals surface area contributed by atoms with E-state index < -0.39 is 0 Å². The molecule has 0 aromatic rings. The zero-order chi connectivity index (χ0) is 11.8. The van der Waals surface area contributed by atoms with Crippen LogP contribution in [0, 0.1) is 0 Å². The van der Waals surface area contributed by atoms with Gasteiger partial charge in [0, 0.05) is 25.0 Å². The van der Waals surface area contributed by atoms with Crippen LogP contribution in [-0.2, 0) is 4.79 Å². The number of amides is 1. The van der Waals surface area contributed by atoms with Gasteiger partial charge in [-0.2, -0.15) is 0 Å². The highest BCUT2D eigenvalue weighted by molar-refractivity contribution is 5.79. The van der Waals surface area contributed by atoms with E-state index in [1.54, 1.807) is 0 Å². The predicted octanol–water partition coefficient (Wildman–Crippen LogP) is 0.686. The molecule has 0 radical (unpaired) electrons. The molecule has 2 N–H and O–H groups in total. The van der Waals surface area contributed by atoms with Crippen LogP contribution in [0.15, 0.2) is 0 Å². The van der Waals surface area contributed by atoms with Crippen LogP contribution >= 0.6 is 0 Å². The van der Waals surface area contributed by atoms with Gasteiger partial charge in [0.2, 0.25) is 5.91 Å². The second kappa shape index (κ2) is 4.00. The second-order valence-corrected chi connectivity index (χ2v) is 5.89. The first-order chi connectivity index (χ1) is 7.46. The topological polar surface area (TPSA) is 44.4 Å². The Kier molecular flexibility index (Phi) is 2.97. The summed E-state index contributed by atoms with van der Waals surface area (Å²) < 4.78 is 0. The van der Waals surface area contributed by atoms with Gasteiger partial charge in [0.15, 0.2) is 0 Å². The van der Waals surface area contributed by atoms with Crippen LogP contribution in [0.5, 0.6) is 0 Å². The van der Waals surface area contributed by atoms with Crippen LogP contribution < -0.4 is 10.6 Å². The van der Waals surface area contributed by atoms with Crippen LogP contribution in [0.25, 0.3) is 0 Å². The van der Waals surface area contributed by atoms with Gasteiger partial charge in [0.05, 0.1) is 0 Å². The maximum atomic E-state index is 12.2. The van der Waals surface area contributed by atoms with E-state index in [-0.39, 0.29) is 17.1 Å². The summed E-state index contributed by atoms with van der Waals surface area (Å²) >= 11 is 0. The van der Waals surface area contributed by atoms with E-state index in [0.29, 0.717) is 6.42 Å². The van der Waals surface area contributed by atoms with Crippen molar-refractivity contribution in [2.45, 2.75) is 51.2 Å². The Morgan fingerprint density at radius 3 is 2.62 bits per heavy atom. The molecule has 2 saturated heterocycles. The summed E-state index contributed by atoms with van der Waals surface area (Å²) in [5, 5.41) is 6.98. The highest BCUT2D eigenvalue weighted by Crippen LogP contribution is 2.31. The normalized spacial score (nSPS) is 32.2. The Balaban J connectivity index is 2.29. The van der Waals surface area contributed by atoms with Crippen molar-refractivity contribution in [2.75, 3.05) is 19.6 Å². The van der Waals surface area contributed by atoms with E-state index in [9.17, 15) is 4.79 Å². The van der Waals surface area contributed by atoms with E-state index in [1.807, 2.05) is 0 Å². The van der Waals surface area contributed by atoms with Crippen molar-refractivity contribution in [3.8, 4) is 0 Å². The standard InChI is InChI=1S/C12H23N3O/c1-11(2,3)15-10(16)5-8-14-12(15)6-4-7-13-9-12/h13-14H,4-9H2,1-3H3. The molecule has 1 spiro atoms. The first-order valence-corrected chi connectivity index (χ1v) is 6.25. The molecule has 1 atom stereocenters. The molecule has 2 rings (SSSR count). The minimum absolute atomic E-state index is 0.108. The summed E-state index contributed by atoms with van der Waals surface area (Å²) in [5.41, 5.74) is -0.255. The molecule has 2 aliphatic rings. The molecule has 1 amide bonds. The molecule has 2 fully saturated rings. The summed E-state index contributed by atoms with van der Waals surface area (Å²) in [5.74, 6) is 0.287. The van der Waals surface area contributed by atoms with E-state index in [2.05, 4.69) is 36.3 Å². The minimum atomic E-state index is -0.147. The van der Waals surface area contributed by atoms with Gasteiger partial charge >= 0.3 is 0 Å². The zero-order valence-corrected chi connectivity index (χ0v) is 10.6. The van der Waals surface area contributed by atoms with E-state index >= 15 is 0 Å². The van der Waals surface area contributed by atoms with Crippen molar-refractivity contribution >= 4 is 5.91 Å². The lowest BCUT2D eigenvalue weighted by Gasteiger charge is -2.55.